The number of ether oxygens (including phenoxy) is 1. The van der Waals surface area contributed by atoms with Crippen LogP contribution in [0.4, 0.5) is 5.13 Å². The van der Waals surface area contributed by atoms with Gasteiger partial charge < -0.3 is 9.84 Å². The summed E-state index contributed by atoms with van der Waals surface area (Å²) in [5.74, 6) is -1.05. The lowest BCUT2D eigenvalue weighted by Gasteiger charge is -2.23. The zero-order valence-electron chi connectivity index (χ0n) is 19.6. The molecule has 1 atom stereocenters. The maximum absolute atomic E-state index is 13.4. The number of ketones is 1. The fourth-order valence-electron chi connectivity index (χ4n) is 4.28. The Kier molecular flexibility index (Phi) is 5.86. The number of thiazole rings is 1. The van der Waals surface area contributed by atoms with Gasteiger partial charge in [0.2, 0.25) is 0 Å². The van der Waals surface area contributed by atoms with Gasteiger partial charge in [0.25, 0.3) is 5.78 Å². The molecule has 5 rings (SSSR count). The van der Waals surface area contributed by atoms with E-state index in [1.165, 1.54) is 21.8 Å². The van der Waals surface area contributed by atoms with Crippen LogP contribution in [0.1, 0.15) is 35.2 Å². The van der Waals surface area contributed by atoms with Gasteiger partial charge in [-0.3, -0.25) is 14.5 Å². The molecule has 0 spiro atoms. The quantitative estimate of drug-likeness (QED) is 0.220. The van der Waals surface area contributed by atoms with E-state index in [2.05, 4.69) is 18.0 Å². The molecule has 176 valence electrons. The molecule has 1 aromatic heterocycles. The third kappa shape index (κ3) is 3.98. The van der Waals surface area contributed by atoms with Crippen molar-refractivity contribution in [3.63, 3.8) is 0 Å². The molecule has 1 saturated heterocycles. The number of methoxy groups -OCH3 is 1. The molecule has 35 heavy (non-hydrogen) atoms. The van der Waals surface area contributed by atoms with Crippen molar-refractivity contribution in [3.05, 3.63) is 94.6 Å². The Hall–Kier alpha value is -3.97. The van der Waals surface area contributed by atoms with Crippen LogP contribution in [0.5, 0.6) is 5.75 Å². The van der Waals surface area contributed by atoms with E-state index in [4.69, 9.17) is 4.74 Å². The van der Waals surface area contributed by atoms with Crippen molar-refractivity contribution in [3.8, 4) is 5.75 Å². The molecule has 7 heteroatoms. The highest BCUT2D eigenvalue weighted by Gasteiger charge is 2.48. The van der Waals surface area contributed by atoms with Crippen LogP contribution in [0.25, 0.3) is 16.0 Å². The average molecular weight is 485 g/mol. The maximum Gasteiger partial charge on any atom is 0.301 e. The first-order chi connectivity index (χ1) is 16.9. The Morgan fingerprint density at radius 3 is 2.43 bits per heavy atom. The minimum atomic E-state index is -0.802. The van der Waals surface area contributed by atoms with Crippen molar-refractivity contribution < 1.29 is 19.4 Å². The van der Waals surface area contributed by atoms with Crippen LogP contribution in [0, 0.1) is 6.92 Å². The molecule has 3 aromatic carbocycles. The number of aromatic nitrogens is 1. The molecule has 1 aliphatic heterocycles. The third-order valence-electron chi connectivity index (χ3n) is 6.26. The normalized spacial score (nSPS) is 17.3. The fourth-order valence-corrected chi connectivity index (χ4v) is 5.33. The molecule has 0 saturated carbocycles. The lowest BCUT2D eigenvalue weighted by molar-refractivity contribution is -0.132. The van der Waals surface area contributed by atoms with Crippen LogP contribution in [0.2, 0.25) is 0 Å². The van der Waals surface area contributed by atoms with E-state index in [9.17, 15) is 14.7 Å². The summed E-state index contributed by atoms with van der Waals surface area (Å²) in [6, 6.07) is 19.5. The molecule has 0 aliphatic carbocycles. The first kappa shape index (κ1) is 22.8. The number of benzene rings is 3. The smallest absolute Gasteiger partial charge is 0.301 e. The number of carbonyl (C=O) groups is 2. The Morgan fingerprint density at radius 1 is 1.06 bits per heavy atom. The first-order valence-corrected chi connectivity index (χ1v) is 12.1. The summed E-state index contributed by atoms with van der Waals surface area (Å²) in [7, 11) is 1.55. The minimum absolute atomic E-state index is 0.0394. The summed E-state index contributed by atoms with van der Waals surface area (Å²) >= 11 is 1.37. The molecule has 2 heterocycles. The van der Waals surface area contributed by atoms with E-state index in [1.54, 1.807) is 31.4 Å². The molecule has 1 fully saturated rings. The number of rotatable bonds is 5. The Labute approximate surface area is 207 Å². The van der Waals surface area contributed by atoms with E-state index in [-0.39, 0.29) is 11.3 Å². The zero-order valence-corrected chi connectivity index (χ0v) is 20.4. The number of fused-ring (bicyclic) bond motifs is 1. The van der Waals surface area contributed by atoms with E-state index in [0.29, 0.717) is 16.4 Å². The number of nitrogens with zero attached hydrogens (tertiary/aromatic N) is 2. The highest BCUT2D eigenvalue weighted by Crippen LogP contribution is 2.44. The summed E-state index contributed by atoms with van der Waals surface area (Å²) in [5, 5.41) is 11.7. The largest absolute Gasteiger partial charge is 0.507 e. The minimum Gasteiger partial charge on any atom is -0.507 e. The second-order valence-corrected chi connectivity index (χ2v) is 9.47. The van der Waals surface area contributed by atoms with Crippen molar-refractivity contribution in [1.82, 2.24) is 4.98 Å². The third-order valence-corrected chi connectivity index (χ3v) is 7.27. The van der Waals surface area contributed by atoms with Gasteiger partial charge >= 0.3 is 5.91 Å². The predicted molar refractivity (Wildman–Crippen MR) is 138 cm³/mol. The molecule has 1 N–H and O–H groups in total. The van der Waals surface area contributed by atoms with Gasteiger partial charge in [0.15, 0.2) is 5.13 Å². The number of anilines is 1. The van der Waals surface area contributed by atoms with Crippen LogP contribution in [-0.4, -0.2) is 28.9 Å². The number of aliphatic hydroxyl groups is 1. The number of Topliss-reactive ketones (excluding diaryl/α,β-unsaturated/α-hetero) is 1. The van der Waals surface area contributed by atoms with Crippen LogP contribution in [0.3, 0.4) is 0 Å². The van der Waals surface area contributed by atoms with E-state index in [1.807, 2.05) is 43.3 Å². The Bertz CT molecular complexity index is 1470. The van der Waals surface area contributed by atoms with Crippen molar-refractivity contribution >= 4 is 44.1 Å². The summed E-state index contributed by atoms with van der Waals surface area (Å²) in [4.78, 5) is 32.8. The summed E-state index contributed by atoms with van der Waals surface area (Å²) in [6.45, 7) is 4.05. The highest BCUT2D eigenvalue weighted by molar-refractivity contribution is 7.22. The monoisotopic (exact) mass is 484 g/mol. The standard InChI is InChI=1S/C28H24N2O4S/c1-4-17-7-14-21-22(15-17)35-28(29-21)30-24(18-8-5-16(2)6-9-18)23(26(32)27(30)33)25(31)19-10-12-20(34-3)13-11-19/h5-15,24,31H,4H2,1-3H3/t24-/m1/s1. The predicted octanol–water partition coefficient (Wildman–Crippen LogP) is 5.80. The van der Waals surface area contributed by atoms with Gasteiger partial charge in [0, 0.05) is 5.56 Å². The van der Waals surface area contributed by atoms with Crippen LogP contribution < -0.4 is 9.64 Å². The second-order valence-electron chi connectivity index (χ2n) is 8.46. The fraction of sp³-hybridized carbons (Fsp3) is 0.179. The van der Waals surface area contributed by atoms with Gasteiger partial charge in [-0.2, -0.15) is 0 Å². The van der Waals surface area contributed by atoms with Gasteiger partial charge in [0.1, 0.15) is 11.5 Å². The maximum atomic E-state index is 13.4. The van der Waals surface area contributed by atoms with Crippen LogP contribution >= 0.6 is 11.3 Å². The number of aryl methyl sites for hydroxylation is 2. The molecule has 0 radical (unpaired) electrons. The molecular formula is C28H24N2O4S. The van der Waals surface area contributed by atoms with Crippen molar-refractivity contribution in [2.75, 3.05) is 12.0 Å². The SMILES string of the molecule is CCc1ccc2nc(N3C(=O)C(=O)C(=C(O)c4ccc(OC)cc4)[C@H]3c3ccc(C)cc3)sc2c1. The Balaban J connectivity index is 1.69. The van der Waals surface area contributed by atoms with E-state index < -0.39 is 17.7 Å². The average Bonchev–Trinajstić information content (AvgIpc) is 3.41. The molecule has 1 aliphatic rings. The van der Waals surface area contributed by atoms with Crippen molar-refractivity contribution in [1.29, 1.82) is 0 Å². The van der Waals surface area contributed by atoms with Crippen LogP contribution in [0.15, 0.2) is 72.3 Å². The van der Waals surface area contributed by atoms with Crippen LogP contribution in [-0.2, 0) is 16.0 Å². The summed E-state index contributed by atoms with van der Waals surface area (Å²) in [6.07, 6.45) is 0.888. The number of aliphatic hydroxyl groups excluding tert-OH is 1. The van der Waals surface area contributed by atoms with Gasteiger partial charge in [0.05, 0.1) is 28.9 Å². The number of carbonyl (C=O) groups excluding carboxylic acids is 2. The van der Waals surface area contributed by atoms with Gasteiger partial charge in [-0.25, -0.2) is 4.98 Å². The van der Waals surface area contributed by atoms with Crippen molar-refractivity contribution in [2.24, 2.45) is 0 Å². The first-order valence-electron chi connectivity index (χ1n) is 11.3. The second kappa shape index (κ2) is 9.00. The van der Waals surface area contributed by atoms with E-state index >= 15 is 0 Å². The molecule has 0 bridgehead atoms. The lowest BCUT2D eigenvalue weighted by Crippen LogP contribution is -2.29. The highest BCUT2D eigenvalue weighted by atomic mass is 32.1. The summed E-state index contributed by atoms with van der Waals surface area (Å²) in [5.41, 5.74) is 4.17. The Morgan fingerprint density at radius 2 is 1.77 bits per heavy atom. The van der Waals surface area contributed by atoms with Gasteiger partial charge in [-0.15, -0.1) is 0 Å². The topological polar surface area (TPSA) is 79.7 Å². The van der Waals surface area contributed by atoms with Crippen molar-refractivity contribution in [2.45, 2.75) is 26.3 Å². The van der Waals surface area contributed by atoms with Gasteiger partial charge in [-0.05, 0) is 60.9 Å². The lowest BCUT2D eigenvalue weighted by atomic mass is 9.95. The summed E-state index contributed by atoms with van der Waals surface area (Å²) < 4.78 is 6.14. The van der Waals surface area contributed by atoms with Gasteiger partial charge in [-0.1, -0.05) is 54.2 Å². The van der Waals surface area contributed by atoms with E-state index in [0.717, 1.165) is 27.8 Å². The molecule has 1 amide bonds. The molecule has 0 unspecified atom stereocenters. The molecular weight excluding hydrogens is 460 g/mol. The molecule has 4 aromatic rings. The zero-order chi connectivity index (χ0) is 24.7. The number of hydrogen-bond donors (Lipinski definition) is 1. The number of amides is 1. The number of hydrogen-bond acceptors (Lipinski definition) is 6. The molecule has 6 nitrogen and oxygen atoms in total.